The molecule has 3 unspecified atom stereocenters. The summed E-state index contributed by atoms with van der Waals surface area (Å²) in [4.78, 5) is 72.6. The first-order valence-corrected chi connectivity index (χ1v) is 40.2. The van der Waals surface area contributed by atoms with Crippen LogP contribution >= 0.6 is 15.6 Å². The van der Waals surface area contributed by atoms with Gasteiger partial charge in [-0.3, -0.25) is 37.3 Å². The predicted molar refractivity (Wildman–Crippen MR) is 372 cm³/mol. The fraction of sp³-hybridized carbons (Fsp3) is 0.890. The van der Waals surface area contributed by atoms with Gasteiger partial charge in [0.15, 0.2) is 12.2 Å². The summed E-state index contributed by atoms with van der Waals surface area (Å²) >= 11 is 0. The Morgan fingerprint density at radius 1 is 0.337 bits per heavy atom. The molecular formula is C73H138O17P2. The summed E-state index contributed by atoms with van der Waals surface area (Å²) in [5, 5.41) is 10.6. The quantitative estimate of drug-likeness (QED) is 0.0169. The maximum atomic E-state index is 13.0. The summed E-state index contributed by atoms with van der Waals surface area (Å²) in [5.41, 5.74) is 0. The Bertz CT molecular complexity index is 1890. The third-order valence-electron chi connectivity index (χ3n) is 16.3. The van der Waals surface area contributed by atoms with Gasteiger partial charge >= 0.3 is 39.5 Å². The molecule has 5 atom stereocenters. The van der Waals surface area contributed by atoms with E-state index < -0.39 is 97.5 Å². The van der Waals surface area contributed by atoms with Gasteiger partial charge in [0.05, 0.1) is 26.4 Å². The van der Waals surface area contributed by atoms with Gasteiger partial charge in [-0.2, -0.15) is 0 Å². The van der Waals surface area contributed by atoms with Crippen LogP contribution in [0.2, 0.25) is 0 Å². The summed E-state index contributed by atoms with van der Waals surface area (Å²) < 4.78 is 68.3. The van der Waals surface area contributed by atoms with Gasteiger partial charge in [-0.05, 0) is 69.1 Å². The number of hydrogen-bond acceptors (Lipinski definition) is 15. The van der Waals surface area contributed by atoms with E-state index in [4.69, 9.17) is 37.0 Å². The normalized spacial score (nSPS) is 14.3. The fourth-order valence-corrected chi connectivity index (χ4v) is 12.1. The highest BCUT2D eigenvalue weighted by Crippen LogP contribution is 2.45. The van der Waals surface area contributed by atoms with Crippen LogP contribution in [0.3, 0.4) is 0 Å². The van der Waals surface area contributed by atoms with Crippen molar-refractivity contribution in [3.8, 4) is 0 Å². The molecule has 0 rings (SSSR count). The van der Waals surface area contributed by atoms with Crippen LogP contribution in [0.15, 0.2) is 24.3 Å². The fourth-order valence-electron chi connectivity index (χ4n) is 10.5. The van der Waals surface area contributed by atoms with Crippen LogP contribution in [0.5, 0.6) is 0 Å². The molecular weight excluding hydrogens is 1210 g/mol. The van der Waals surface area contributed by atoms with Crippen LogP contribution < -0.4 is 0 Å². The highest BCUT2D eigenvalue weighted by molar-refractivity contribution is 7.47. The minimum Gasteiger partial charge on any atom is -0.462 e. The van der Waals surface area contributed by atoms with E-state index in [2.05, 4.69) is 72.8 Å². The monoisotopic (exact) mass is 1350 g/mol. The van der Waals surface area contributed by atoms with E-state index in [1.807, 2.05) is 0 Å². The van der Waals surface area contributed by atoms with Gasteiger partial charge in [-0.1, -0.05) is 291 Å². The number of allylic oxidation sites excluding steroid dienone is 4. The molecule has 0 amide bonds. The number of ether oxygens (including phenoxy) is 4. The number of esters is 4. The van der Waals surface area contributed by atoms with Crippen molar-refractivity contribution in [2.24, 2.45) is 17.8 Å². The number of carbonyl (C=O) groups is 4. The summed E-state index contributed by atoms with van der Waals surface area (Å²) in [7, 11) is -9.92. The lowest BCUT2D eigenvalue weighted by Gasteiger charge is -2.21. The molecule has 0 aliphatic rings. The minimum atomic E-state index is -4.96. The molecule has 0 aromatic carbocycles. The van der Waals surface area contributed by atoms with Crippen LogP contribution in [-0.2, 0) is 65.4 Å². The lowest BCUT2D eigenvalue weighted by molar-refractivity contribution is -0.161. The third kappa shape index (κ3) is 66.2. The Balaban J connectivity index is 5.29. The zero-order valence-electron chi connectivity index (χ0n) is 59.5. The second kappa shape index (κ2) is 63.3. The van der Waals surface area contributed by atoms with Gasteiger partial charge in [0, 0.05) is 25.7 Å². The number of phosphoric acid groups is 2. The number of carbonyl (C=O) groups excluding carboxylic acids is 4. The van der Waals surface area contributed by atoms with Gasteiger partial charge in [-0.15, -0.1) is 0 Å². The molecule has 0 fully saturated rings. The van der Waals surface area contributed by atoms with Crippen LogP contribution in [0, 0.1) is 17.8 Å². The van der Waals surface area contributed by atoms with E-state index >= 15 is 0 Å². The smallest absolute Gasteiger partial charge is 0.462 e. The van der Waals surface area contributed by atoms with Crippen molar-refractivity contribution in [3.05, 3.63) is 24.3 Å². The predicted octanol–water partition coefficient (Wildman–Crippen LogP) is 20.6. The molecule has 92 heavy (non-hydrogen) atoms. The molecule has 17 nitrogen and oxygen atoms in total. The molecule has 0 spiro atoms. The van der Waals surface area contributed by atoms with Gasteiger partial charge in [0.1, 0.15) is 19.3 Å². The molecule has 3 N–H and O–H groups in total. The second-order valence-electron chi connectivity index (χ2n) is 27.1. The molecule has 0 saturated heterocycles. The van der Waals surface area contributed by atoms with Gasteiger partial charge < -0.3 is 33.8 Å². The number of unbranched alkanes of at least 4 members (excludes halogenated alkanes) is 34. The Labute approximate surface area is 561 Å². The summed E-state index contributed by atoms with van der Waals surface area (Å²) in [6.07, 6.45) is 50.8. The molecule has 19 heteroatoms. The van der Waals surface area contributed by atoms with E-state index in [9.17, 15) is 43.2 Å². The van der Waals surface area contributed by atoms with Crippen molar-refractivity contribution in [2.45, 2.75) is 362 Å². The molecule has 0 aromatic rings. The number of aliphatic hydroxyl groups excluding tert-OH is 1. The van der Waals surface area contributed by atoms with E-state index in [0.29, 0.717) is 31.6 Å². The Morgan fingerprint density at radius 3 is 0.880 bits per heavy atom. The second-order valence-corrected chi connectivity index (χ2v) is 30.0. The summed E-state index contributed by atoms with van der Waals surface area (Å²) in [6.45, 7) is 11.7. The molecule has 0 aliphatic heterocycles. The number of phosphoric ester groups is 2. The molecule has 0 radical (unpaired) electrons. The molecule has 0 bridgehead atoms. The Kier molecular flexibility index (Phi) is 61.6. The highest BCUT2D eigenvalue weighted by atomic mass is 31.2. The third-order valence-corrected chi connectivity index (χ3v) is 18.2. The van der Waals surface area contributed by atoms with Crippen molar-refractivity contribution < 1.29 is 80.2 Å². The molecule has 0 heterocycles. The topological polar surface area (TPSA) is 237 Å². The van der Waals surface area contributed by atoms with E-state index in [0.717, 1.165) is 121 Å². The van der Waals surface area contributed by atoms with E-state index in [-0.39, 0.29) is 25.7 Å². The van der Waals surface area contributed by atoms with E-state index in [1.54, 1.807) is 0 Å². The number of aliphatic hydroxyl groups is 1. The van der Waals surface area contributed by atoms with Crippen molar-refractivity contribution >= 4 is 39.5 Å². The van der Waals surface area contributed by atoms with Gasteiger partial charge in [-0.25, -0.2) is 9.13 Å². The number of rotatable bonds is 69. The average molecular weight is 1350 g/mol. The summed E-state index contributed by atoms with van der Waals surface area (Å²) in [5.74, 6) is 0.0654. The minimum absolute atomic E-state index is 0.0838. The van der Waals surface area contributed by atoms with Crippen LogP contribution in [-0.4, -0.2) is 96.7 Å². The number of hydrogen-bond donors (Lipinski definition) is 3. The molecule has 0 aliphatic carbocycles. The lowest BCUT2D eigenvalue weighted by Crippen LogP contribution is -2.30. The Morgan fingerprint density at radius 2 is 0.587 bits per heavy atom. The molecule has 0 saturated carbocycles. The maximum Gasteiger partial charge on any atom is 0.472 e. The SMILES string of the molecule is CCCCCC/C=C\C=C/CCCCCCCC(=O)O[C@H](COC(=O)CCCCCCCCCC(C)C)COP(=O)(O)OCC(O)COP(=O)(O)OC[C@@H](COC(=O)CCCCCCCCCCCC(C)C)OC(=O)CCCCCCCCCCCCCCC(C)C. The lowest BCUT2D eigenvalue weighted by atomic mass is 10.0. The van der Waals surface area contributed by atoms with Gasteiger partial charge in [0.2, 0.25) is 0 Å². The standard InChI is InChI=1S/C73H138O17P2/c1-8-9-10-11-12-13-14-15-16-17-21-26-34-42-49-56-72(77)90-69(61-84-71(76)55-48-41-36-29-32-39-46-53-66(6)7)63-88-92(81,82)86-59-67(74)58-85-91(79,80)87-62-68(60-83-70(75)54-47-40-33-28-23-25-31-38-45-52-65(4)5)89-73(78)57-50-43-35-27-22-19-18-20-24-30-37-44-51-64(2)3/h13-16,64-69,74H,8-12,17-63H2,1-7H3,(H,79,80)(H,81,82)/b14-13-,16-15-/t67?,68-,69-/m1/s1. The van der Waals surface area contributed by atoms with Crippen LogP contribution in [0.25, 0.3) is 0 Å². The first-order chi connectivity index (χ1) is 44.2. The van der Waals surface area contributed by atoms with Crippen molar-refractivity contribution in [1.29, 1.82) is 0 Å². The first-order valence-electron chi connectivity index (χ1n) is 37.2. The molecule has 542 valence electrons. The van der Waals surface area contributed by atoms with Crippen LogP contribution in [0.4, 0.5) is 0 Å². The van der Waals surface area contributed by atoms with Crippen molar-refractivity contribution in [1.82, 2.24) is 0 Å². The van der Waals surface area contributed by atoms with Gasteiger partial charge in [0.25, 0.3) is 0 Å². The molecule has 0 aromatic heterocycles. The zero-order valence-corrected chi connectivity index (χ0v) is 61.3. The Hall–Kier alpha value is -2.46. The first kappa shape index (κ1) is 89.5. The maximum absolute atomic E-state index is 13.0. The van der Waals surface area contributed by atoms with Crippen molar-refractivity contribution in [3.63, 3.8) is 0 Å². The van der Waals surface area contributed by atoms with Crippen molar-refractivity contribution in [2.75, 3.05) is 39.6 Å². The van der Waals surface area contributed by atoms with E-state index in [1.165, 1.54) is 135 Å². The average Bonchev–Trinajstić information content (AvgIpc) is 3.15. The largest absolute Gasteiger partial charge is 0.472 e. The zero-order chi connectivity index (χ0) is 68.0. The highest BCUT2D eigenvalue weighted by Gasteiger charge is 2.30. The summed E-state index contributed by atoms with van der Waals surface area (Å²) in [6, 6.07) is 0. The van der Waals surface area contributed by atoms with Crippen LogP contribution in [0.1, 0.15) is 344 Å².